The Morgan fingerprint density at radius 1 is 0.935 bits per heavy atom. The van der Waals surface area contributed by atoms with Crippen molar-refractivity contribution < 1.29 is 14.2 Å². The molecule has 0 aromatic heterocycles. The van der Waals surface area contributed by atoms with E-state index in [1.807, 2.05) is 0 Å². The van der Waals surface area contributed by atoms with Gasteiger partial charge in [-0.3, -0.25) is 4.90 Å². The highest BCUT2D eigenvalue weighted by atomic mass is 16.5. The van der Waals surface area contributed by atoms with Gasteiger partial charge in [-0.05, 0) is 89.3 Å². The molecule has 1 saturated heterocycles. The second kappa shape index (κ2) is 8.21. The lowest BCUT2D eigenvalue weighted by atomic mass is 9.82. The van der Waals surface area contributed by atoms with Gasteiger partial charge in [-0.2, -0.15) is 0 Å². The van der Waals surface area contributed by atoms with Crippen LogP contribution in [0.1, 0.15) is 43.4 Å². The van der Waals surface area contributed by atoms with Crippen LogP contribution in [0.15, 0.2) is 30.3 Å². The molecule has 3 aromatic rings. The Morgan fingerprint density at radius 3 is 2.39 bits per heavy atom. The molecule has 2 aliphatic rings. The van der Waals surface area contributed by atoms with Crippen LogP contribution in [0.5, 0.6) is 17.2 Å². The summed E-state index contributed by atoms with van der Waals surface area (Å²) in [6, 6.07) is 11.7. The Hall–Kier alpha value is -2.50. The molecule has 1 fully saturated rings. The molecule has 31 heavy (non-hydrogen) atoms. The molecule has 2 atom stereocenters. The van der Waals surface area contributed by atoms with Crippen molar-refractivity contribution in [3.63, 3.8) is 0 Å². The van der Waals surface area contributed by atoms with E-state index in [1.165, 1.54) is 52.1 Å². The van der Waals surface area contributed by atoms with Crippen LogP contribution >= 0.6 is 0 Å². The molecule has 2 heterocycles. The Kier molecular flexibility index (Phi) is 5.40. The zero-order valence-electron chi connectivity index (χ0n) is 19.0. The zero-order valence-corrected chi connectivity index (χ0v) is 19.0. The van der Waals surface area contributed by atoms with Crippen molar-refractivity contribution in [1.29, 1.82) is 0 Å². The molecule has 5 nitrogen and oxygen atoms in total. The number of nitrogens with zero attached hydrogens (tertiary/aromatic N) is 1. The highest BCUT2D eigenvalue weighted by molar-refractivity contribution is 6.12. The molecule has 0 bridgehead atoms. The predicted octanol–water partition coefficient (Wildman–Crippen LogP) is 5.04. The smallest absolute Gasteiger partial charge is 0.161 e. The van der Waals surface area contributed by atoms with Crippen molar-refractivity contribution in [2.45, 2.75) is 44.8 Å². The monoisotopic (exact) mass is 420 g/mol. The van der Waals surface area contributed by atoms with Gasteiger partial charge in [-0.25, -0.2) is 0 Å². The largest absolute Gasteiger partial charge is 0.497 e. The summed E-state index contributed by atoms with van der Waals surface area (Å²) in [5.74, 6) is 2.41. The van der Waals surface area contributed by atoms with Crippen molar-refractivity contribution >= 4 is 21.5 Å². The molecule has 5 heteroatoms. The molecule has 0 aliphatic carbocycles. The van der Waals surface area contributed by atoms with Crippen molar-refractivity contribution in [3.05, 3.63) is 41.5 Å². The van der Waals surface area contributed by atoms with Crippen LogP contribution in [0.2, 0.25) is 0 Å². The van der Waals surface area contributed by atoms with E-state index in [-0.39, 0.29) is 0 Å². The molecule has 2 aliphatic heterocycles. The molecule has 5 rings (SSSR count). The molecule has 0 radical (unpaired) electrons. The van der Waals surface area contributed by atoms with E-state index in [0.29, 0.717) is 12.1 Å². The van der Waals surface area contributed by atoms with Crippen LogP contribution in [-0.4, -0.2) is 45.4 Å². The van der Waals surface area contributed by atoms with Crippen LogP contribution in [0.3, 0.4) is 0 Å². The molecule has 164 valence electrons. The summed E-state index contributed by atoms with van der Waals surface area (Å²) in [5, 5.41) is 8.88. The second-order valence-electron chi connectivity index (χ2n) is 8.67. The van der Waals surface area contributed by atoms with E-state index in [2.05, 4.69) is 47.5 Å². The zero-order chi connectivity index (χ0) is 21.5. The number of hydrogen-bond acceptors (Lipinski definition) is 5. The van der Waals surface area contributed by atoms with E-state index in [0.717, 1.165) is 36.8 Å². The minimum atomic E-state index is 0.333. The van der Waals surface area contributed by atoms with Gasteiger partial charge in [0.25, 0.3) is 0 Å². The molecule has 0 unspecified atom stereocenters. The van der Waals surface area contributed by atoms with Crippen molar-refractivity contribution in [2.75, 3.05) is 34.4 Å². The van der Waals surface area contributed by atoms with Gasteiger partial charge in [0, 0.05) is 18.6 Å². The standard InChI is InChI=1S/C26H32N2O3/c1-5-10-27-26-22-7-6-11-28(22)15-21-20-14-24(31-4)23(30-3)13-19(20)18-12-16(29-2)8-9-17(18)25(21)26/h8-9,12-14,22,26-27H,5-7,10-11,15H2,1-4H3/t22-,26+/m0/s1. The van der Waals surface area contributed by atoms with Crippen LogP contribution in [-0.2, 0) is 6.54 Å². The van der Waals surface area contributed by atoms with Crippen LogP contribution in [0.4, 0.5) is 0 Å². The Morgan fingerprint density at radius 2 is 1.68 bits per heavy atom. The van der Waals surface area contributed by atoms with Crippen LogP contribution in [0.25, 0.3) is 21.5 Å². The number of benzene rings is 3. The number of methoxy groups -OCH3 is 3. The normalized spacial score (nSPS) is 20.6. The van der Waals surface area contributed by atoms with Gasteiger partial charge in [-0.15, -0.1) is 0 Å². The summed E-state index contributed by atoms with van der Waals surface area (Å²) in [7, 11) is 5.14. The molecule has 0 saturated carbocycles. The predicted molar refractivity (Wildman–Crippen MR) is 126 cm³/mol. The van der Waals surface area contributed by atoms with Crippen LogP contribution in [0, 0.1) is 0 Å². The lowest BCUT2D eigenvalue weighted by Crippen LogP contribution is -2.45. The molecular formula is C26H32N2O3. The van der Waals surface area contributed by atoms with E-state index < -0.39 is 0 Å². The third-order valence-electron chi connectivity index (χ3n) is 7.07. The summed E-state index contributed by atoms with van der Waals surface area (Å²) in [6.45, 7) is 5.42. The van der Waals surface area contributed by atoms with E-state index in [4.69, 9.17) is 14.2 Å². The topological polar surface area (TPSA) is 43.0 Å². The first-order chi connectivity index (χ1) is 15.2. The highest BCUT2D eigenvalue weighted by Crippen LogP contribution is 2.47. The fraction of sp³-hybridized carbons (Fsp3) is 0.462. The fourth-order valence-electron chi connectivity index (χ4n) is 5.65. The Bertz CT molecular complexity index is 1130. The Balaban J connectivity index is 1.87. The van der Waals surface area contributed by atoms with Crippen LogP contribution < -0.4 is 19.5 Å². The van der Waals surface area contributed by atoms with Gasteiger partial charge in [0.2, 0.25) is 0 Å². The highest BCUT2D eigenvalue weighted by Gasteiger charge is 2.39. The maximum absolute atomic E-state index is 5.69. The van der Waals surface area contributed by atoms with Gasteiger partial charge in [0.15, 0.2) is 11.5 Å². The summed E-state index contributed by atoms with van der Waals surface area (Å²) < 4.78 is 16.9. The van der Waals surface area contributed by atoms with Gasteiger partial charge in [0.05, 0.1) is 21.3 Å². The maximum Gasteiger partial charge on any atom is 0.161 e. The first kappa shape index (κ1) is 20.4. The molecule has 3 aromatic carbocycles. The summed E-state index contributed by atoms with van der Waals surface area (Å²) >= 11 is 0. The number of hydrogen-bond donors (Lipinski definition) is 1. The second-order valence-corrected chi connectivity index (χ2v) is 8.67. The first-order valence-corrected chi connectivity index (χ1v) is 11.4. The average molecular weight is 421 g/mol. The summed E-state index contributed by atoms with van der Waals surface area (Å²) in [4.78, 5) is 2.67. The molecule has 0 amide bonds. The molecule has 0 spiro atoms. The third kappa shape index (κ3) is 3.22. The van der Waals surface area contributed by atoms with Crippen molar-refractivity contribution in [3.8, 4) is 17.2 Å². The average Bonchev–Trinajstić information content (AvgIpc) is 3.29. The van der Waals surface area contributed by atoms with Gasteiger partial charge in [-0.1, -0.05) is 13.0 Å². The molecular weight excluding hydrogens is 388 g/mol. The van der Waals surface area contributed by atoms with E-state index in [9.17, 15) is 0 Å². The lowest BCUT2D eigenvalue weighted by molar-refractivity contribution is 0.180. The number of rotatable bonds is 6. The maximum atomic E-state index is 5.69. The van der Waals surface area contributed by atoms with E-state index >= 15 is 0 Å². The fourth-order valence-corrected chi connectivity index (χ4v) is 5.65. The SMILES string of the molecule is CCCN[C@H]1c2c(c3cc(OC)c(OC)cc3c3cc(OC)ccc23)CN2CCC[C@@H]12. The number of ether oxygens (including phenoxy) is 3. The number of nitrogens with one attached hydrogen (secondary N) is 1. The third-order valence-corrected chi connectivity index (χ3v) is 7.07. The summed E-state index contributed by atoms with van der Waals surface area (Å²) in [6.07, 6.45) is 3.65. The van der Waals surface area contributed by atoms with Gasteiger partial charge >= 0.3 is 0 Å². The molecule has 1 N–H and O–H groups in total. The Labute approximate surface area is 184 Å². The quantitative estimate of drug-likeness (QED) is 0.566. The summed E-state index contributed by atoms with van der Waals surface area (Å²) in [5.41, 5.74) is 2.87. The lowest BCUT2D eigenvalue weighted by Gasteiger charge is -2.40. The minimum Gasteiger partial charge on any atom is -0.497 e. The van der Waals surface area contributed by atoms with Crippen molar-refractivity contribution in [1.82, 2.24) is 10.2 Å². The van der Waals surface area contributed by atoms with Crippen molar-refractivity contribution in [2.24, 2.45) is 0 Å². The van der Waals surface area contributed by atoms with E-state index in [1.54, 1.807) is 21.3 Å². The number of fused-ring (bicyclic) bond motifs is 7. The van der Waals surface area contributed by atoms with Gasteiger partial charge < -0.3 is 19.5 Å². The minimum absolute atomic E-state index is 0.333. The van der Waals surface area contributed by atoms with Gasteiger partial charge in [0.1, 0.15) is 5.75 Å². The first-order valence-electron chi connectivity index (χ1n) is 11.4.